The van der Waals surface area contributed by atoms with Gasteiger partial charge in [-0.1, -0.05) is 24.3 Å². The van der Waals surface area contributed by atoms with Crippen LogP contribution in [0.1, 0.15) is 23.6 Å². The van der Waals surface area contributed by atoms with Gasteiger partial charge in [0.05, 0.1) is 19.9 Å². The molecule has 26 heavy (non-hydrogen) atoms. The molecule has 0 saturated heterocycles. The highest BCUT2D eigenvalue weighted by molar-refractivity contribution is 5.86. The largest absolute Gasteiger partial charge is 0.493 e. The van der Waals surface area contributed by atoms with Crippen LogP contribution >= 0.6 is 0 Å². The number of hydrogen-bond acceptors (Lipinski definition) is 5. The molecule has 0 atom stereocenters. The Bertz CT molecular complexity index is 767. The number of ether oxygens (including phenoxy) is 3. The van der Waals surface area contributed by atoms with E-state index >= 15 is 0 Å². The van der Waals surface area contributed by atoms with Gasteiger partial charge in [0.2, 0.25) is 0 Å². The first-order chi connectivity index (χ1) is 12.6. The number of benzene rings is 2. The first-order valence-electron chi connectivity index (χ1n) is 8.37. The second-order valence-electron chi connectivity index (χ2n) is 5.61. The van der Waals surface area contributed by atoms with E-state index in [9.17, 15) is 4.79 Å². The Labute approximate surface area is 153 Å². The third-order valence-electron chi connectivity index (χ3n) is 3.67. The summed E-state index contributed by atoms with van der Waals surface area (Å²) in [6.07, 6.45) is 1.52. The van der Waals surface area contributed by atoms with E-state index in [-0.39, 0.29) is 12.5 Å². The van der Waals surface area contributed by atoms with Crippen molar-refractivity contribution >= 4 is 12.1 Å². The van der Waals surface area contributed by atoms with Crippen LogP contribution in [-0.4, -0.2) is 32.4 Å². The minimum atomic E-state index is -0.343. The molecule has 0 spiro atoms. The molecule has 2 aromatic rings. The molecule has 2 aromatic carbocycles. The molecule has 0 saturated carbocycles. The zero-order valence-corrected chi connectivity index (χ0v) is 15.5. The van der Waals surface area contributed by atoms with Gasteiger partial charge in [0.15, 0.2) is 18.1 Å². The van der Waals surface area contributed by atoms with Gasteiger partial charge in [-0.05, 0) is 44.0 Å². The Hall–Kier alpha value is -3.02. The molecule has 0 heterocycles. The summed E-state index contributed by atoms with van der Waals surface area (Å²) >= 11 is 0. The Morgan fingerprint density at radius 3 is 2.42 bits per heavy atom. The van der Waals surface area contributed by atoms with Crippen molar-refractivity contribution in [3.8, 4) is 17.2 Å². The summed E-state index contributed by atoms with van der Waals surface area (Å²) in [7, 11) is 1.57. The topological polar surface area (TPSA) is 69.2 Å². The standard InChI is InChI=1S/C20H24N2O4/c1-5-25-20-16(10-7-11-17(20)24-4)12-21-22-18(23)13-26-19-14(2)8-6-9-15(19)3/h6-12H,5,13H2,1-4H3,(H,22,23)/b21-12-. The zero-order chi connectivity index (χ0) is 18.9. The Kier molecular flexibility index (Phi) is 7.02. The Balaban J connectivity index is 1.97. The monoisotopic (exact) mass is 356 g/mol. The maximum atomic E-state index is 12.0. The summed E-state index contributed by atoms with van der Waals surface area (Å²) < 4.78 is 16.5. The fourth-order valence-electron chi connectivity index (χ4n) is 2.46. The SMILES string of the molecule is CCOc1c(/C=N\NC(=O)COc2c(C)cccc2C)cccc1OC. The number of hydrogen-bond donors (Lipinski definition) is 1. The number of amides is 1. The lowest BCUT2D eigenvalue weighted by atomic mass is 10.1. The molecular formula is C20H24N2O4. The van der Waals surface area contributed by atoms with Crippen LogP contribution in [0.2, 0.25) is 0 Å². The van der Waals surface area contributed by atoms with E-state index in [1.807, 2.05) is 51.1 Å². The van der Waals surface area contributed by atoms with Gasteiger partial charge in [0.1, 0.15) is 5.75 Å². The summed E-state index contributed by atoms with van der Waals surface area (Å²) in [6.45, 7) is 6.16. The summed E-state index contributed by atoms with van der Waals surface area (Å²) in [5.41, 5.74) is 5.14. The number of para-hydroxylation sites is 2. The number of aryl methyl sites for hydroxylation is 2. The van der Waals surface area contributed by atoms with Crippen molar-refractivity contribution in [1.82, 2.24) is 5.43 Å². The van der Waals surface area contributed by atoms with Crippen LogP contribution in [0.5, 0.6) is 17.2 Å². The lowest BCUT2D eigenvalue weighted by Crippen LogP contribution is -2.25. The molecule has 138 valence electrons. The van der Waals surface area contributed by atoms with E-state index in [4.69, 9.17) is 14.2 Å². The van der Waals surface area contributed by atoms with Gasteiger partial charge in [0.25, 0.3) is 5.91 Å². The quantitative estimate of drug-likeness (QED) is 0.582. The molecule has 0 aliphatic rings. The molecule has 1 amide bonds. The number of carbonyl (C=O) groups is 1. The Morgan fingerprint density at radius 1 is 1.08 bits per heavy atom. The van der Waals surface area contributed by atoms with Crippen LogP contribution in [0.3, 0.4) is 0 Å². The van der Waals surface area contributed by atoms with E-state index in [2.05, 4.69) is 10.5 Å². The van der Waals surface area contributed by atoms with Crippen molar-refractivity contribution in [2.45, 2.75) is 20.8 Å². The van der Waals surface area contributed by atoms with Gasteiger partial charge in [-0.25, -0.2) is 5.43 Å². The molecule has 2 rings (SSSR count). The number of hydrazone groups is 1. The predicted octanol–water partition coefficient (Wildman–Crippen LogP) is 3.24. The van der Waals surface area contributed by atoms with Gasteiger partial charge in [0, 0.05) is 5.56 Å². The summed E-state index contributed by atoms with van der Waals surface area (Å²) in [5, 5.41) is 3.98. The van der Waals surface area contributed by atoms with E-state index < -0.39 is 0 Å². The maximum absolute atomic E-state index is 12.0. The molecule has 0 unspecified atom stereocenters. The maximum Gasteiger partial charge on any atom is 0.277 e. The normalized spacial score (nSPS) is 10.6. The van der Waals surface area contributed by atoms with Gasteiger partial charge >= 0.3 is 0 Å². The van der Waals surface area contributed by atoms with Crippen molar-refractivity contribution in [3.05, 3.63) is 53.1 Å². The molecular weight excluding hydrogens is 332 g/mol. The minimum absolute atomic E-state index is 0.112. The predicted molar refractivity (Wildman–Crippen MR) is 101 cm³/mol. The van der Waals surface area contributed by atoms with Gasteiger partial charge in [-0.2, -0.15) is 5.10 Å². The van der Waals surface area contributed by atoms with Crippen molar-refractivity contribution in [3.63, 3.8) is 0 Å². The van der Waals surface area contributed by atoms with Crippen LogP contribution in [0.4, 0.5) is 0 Å². The highest BCUT2D eigenvalue weighted by Gasteiger charge is 2.09. The fourth-order valence-corrected chi connectivity index (χ4v) is 2.46. The van der Waals surface area contributed by atoms with Crippen molar-refractivity contribution in [1.29, 1.82) is 0 Å². The molecule has 6 heteroatoms. The van der Waals surface area contributed by atoms with Crippen LogP contribution in [-0.2, 0) is 4.79 Å². The van der Waals surface area contributed by atoms with Crippen molar-refractivity contribution in [2.75, 3.05) is 20.3 Å². The van der Waals surface area contributed by atoms with Crippen molar-refractivity contribution in [2.24, 2.45) is 5.10 Å². The molecule has 0 aliphatic carbocycles. The van der Waals surface area contributed by atoms with Gasteiger partial charge < -0.3 is 14.2 Å². The smallest absolute Gasteiger partial charge is 0.277 e. The van der Waals surface area contributed by atoms with E-state index in [0.717, 1.165) is 16.9 Å². The molecule has 0 aliphatic heterocycles. The zero-order valence-electron chi connectivity index (χ0n) is 15.5. The van der Waals surface area contributed by atoms with E-state index in [1.165, 1.54) is 6.21 Å². The van der Waals surface area contributed by atoms with E-state index in [1.54, 1.807) is 13.2 Å². The van der Waals surface area contributed by atoms with Crippen LogP contribution < -0.4 is 19.6 Å². The number of nitrogens with zero attached hydrogens (tertiary/aromatic N) is 1. The fraction of sp³-hybridized carbons (Fsp3) is 0.300. The average molecular weight is 356 g/mol. The molecule has 1 N–H and O–H groups in total. The number of carbonyl (C=O) groups excluding carboxylic acids is 1. The highest BCUT2D eigenvalue weighted by atomic mass is 16.5. The lowest BCUT2D eigenvalue weighted by molar-refractivity contribution is -0.123. The Morgan fingerprint density at radius 2 is 1.77 bits per heavy atom. The molecule has 6 nitrogen and oxygen atoms in total. The third-order valence-corrected chi connectivity index (χ3v) is 3.67. The van der Waals surface area contributed by atoms with Crippen molar-refractivity contribution < 1.29 is 19.0 Å². The average Bonchev–Trinajstić information content (AvgIpc) is 2.62. The molecule has 0 fully saturated rings. The van der Waals surface area contributed by atoms with Gasteiger partial charge in [-0.3, -0.25) is 4.79 Å². The van der Waals surface area contributed by atoms with Crippen LogP contribution in [0.25, 0.3) is 0 Å². The molecule has 0 radical (unpaired) electrons. The summed E-state index contributed by atoms with van der Waals surface area (Å²) in [5.74, 6) is 1.57. The molecule has 0 aromatic heterocycles. The first kappa shape index (κ1) is 19.3. The minimum Gasteiger partial charge on any atom is -0.493 e. The second-order valence-corrected chi connectivity index (χ2v) is 5.61. The second kappa shape index (κ2) is 9.46. The number of nitrogens with one attached hydrogen (secondary N) is 1. The number of methoxy groups -OCH3 is 1. The number of rotatable bonds is 8. The lowest BCUT2D eigenvalue weighted by Gasteiger charge is -2.12. The summed E-state index contributed by atoms with van der Waals surface area (Å²) in [4.78, 5) is 12.0. The highest BCUT2D eigenvalue weighted by Crippen LogP contribution is 2.29. The van der Waals surface area contributed by atoms with Crippen LogP contribution in [0, 0.1) is 13.8 Å². The third kappa shape index (κ3) is 4.99. The first-order valence-corrected chi connectivity index (χ1v) is 8.37. The van der Waals surface area contributed by atoms with E-state index in [0.29, 0.717) is 23.7 Å². The van der Waals surface area contributed by atoms with Crippen LogP contribution in [0.15, 0.2) is 41.5 Å². The molecule has 0 bridgehead atoms. The summed E-state index contributed by atoms with van der Waals surface area (Å²) in [6, 6.07) is 11.3. The van der Waals surface area contributed by atoms with Gasteiger partial charge in [-0.15, -0.1) is 0 Å².